The largest absolute Gasteiger partial charge is 0.255 e. The number of pyridine rings is 1. The van der Waals surface area contributed by atoms with Gasteiger partial charge in [0.1, 0.15) is 0 Å². The minimum absolute atomic E-state index is 0.375. The second-order valence-electron chi connectivity index (χ2n) is 7.19. The number of thioether (sulfide) groups is 1. The summed E-state index contributed by atoms with van der Waals surface area (Å²) in [6.45, 7) is 0. The van der Waals surface area contributed by atoms with Crippen LogP contribution in [0.15, 0.2) is 52.4 Å². The van der Waals surface area contributed by atoms with Crippen LogP contribution in [0, 0.1) is 5.41 Å². The van der Waals surface area contributed by atoms with Crippen LogP contribution in [0.4, 0.5) is 0 Å². The van der Waals surface area contributed by atoms with Crippen molar-refractivity contribution in [3.05, 3.63) is 53.9 Å². The Hall–Kier alpha value is -1.59. The molecule has 5 heteroatoms. The highest BCUT2D eigenvalue weighted by Gasteiger charge is 2.48. The van der Waals surface area contributed by atoms with E-state index in [2.05, 4.69) is 23.4 Å². The van der Waals surface area contributed by atoms with Crippen LogP contribution in [0.5, 0.6) is 0 Å². The van der Waals surface area contributed by atoms with Gasteiger partial charge in [-0.25, -0.2) is 8.42 Å². The van der Waals surface area contributed by atoms with Crippen LogP contribution in [0.25, 0.3) is 11.1 Å². The lowest BCUT2D eigenvalue weighted by molar-refractivity contribution is 0.567. The van der Waals surface area contributed by atoms with E-state index >= 15 is 0 Å². The van der Waals surface area contributed by atoms with Crippen LogP contribution in [-0.4, -0.2) is 25.9 Å². The van der Waals surface area contributed by atoms with E-state index in [0.29, 0.717) is 10.3 Å². The first-order chi connectivity index (χ1) is 11.9. The average Bonchev–Trinajstić information content (AvgIpc) is 3.25. The molecule has 1 aromatic heterocycles. The lowest BCUT2D eigenvalue weighted by Gasteiger charge is -2.09. The van der Waals surface area contributed by atoms with Crippen LogP contribution >= 0.6 is 11.8 Å². The molecule has 0 amide bonds. The van der Waals surface area contributed by atoms with E-state index in [1.54, 1.807) is 23.9 Å². The van der Waals surface area contributed by atoms with Gasteiger partial charge in [0, 0.05) is 17.3 Å². The van der Waals surface area contributed by atoms with E-state index in [4.69, 9.17) is 0 Å². The lowest BCUT2D eigenvalue weighted by Crippen LogP contribution is -1.97. The van der Waals surface area contributed by atoms with Crippen molar-refractivity contribution in [2.24, 2.45) is 5.41 Å². The molecule has 2 aliphatic carbocycles. The summed E-state index contributed by atoms with van der Waals surface area (Å²) in [5, 5.41) is 0. The average molecular weight is 372 g/mol. The van der Waals surface area contributed by atoms with Crippen molar-refractivity contribution in [2.45, 2.75) is 35.5 Å². The maximum Gasteiger partial charge on any atom is 0.175 e. The van der Waals surface area contributed by atoms with Gasteiger partial charge in [-0.15, -0.1) is 11.8 Å². The Bertz CT molecular complexity index is 938. The van der Waals surface area contributed by atoms with Gasteiger partial charge in [0.25, 0.3) is 0 Å². The number of hydrogen-bond acceptors (Lipinski definition) is 4. The Morgan fingerprint density at radius 3 is 2.20 bits per heavy atom. The molecule has 0 N–H and O–H groups in total. The molecular formula is C20H21NO2S2. The summed E-state index contributed by atoms with van der Waals surface area (Å²) in [6.07, 6.45) is 9.97. The highest BCUT2D eigenvalue weighted by Crippen LogP contribution is 2.63. The molecule has 0 unspecified atom stereocenters. The predicted molar refractivity (Wildman–Crippen MR) is 103 cm³/mol. The molecule has 1 spiro atoms. The van der Waals surface area contributed by atoms with Crippen LogP contribution in [-0.2, 0) is 9.84 Å². The fourth-order valence-corrected chi connectivity index (χ4v) is 4.65. The monoisotopic (exact) mass is 371 g/mol. The lowest BCUT2D eigenvalue weighted by atomic mass is 9.99. The van der Waals surface area contributed by atoms with Crippen LogP contribution < -0.4 is 0 Å². The van der Waals surface area contributed by atoms with Gasteiger partial charge in [0.15, 0.2) is 9.84 Å². The fraction of sp³-hybridized carbons (Fsp3) is 0.350. The maximum absolute atomic E-state index is 11.7. The molecular weight excluding hydrogens is 350 g/mol. The van der Waals surface area contributed by atoms with Crippen molar-refractivity contribution < 1.29 is 8.42 Å². The third-order valence-electron chi connectivity index (χ3n) is 5.34. The van der Waals surface area contributed by atoms with Gasteiger partial charge in [-0.05, 0) is 78.3 Å². The summed E-state index contributed by atoms with van der Waals surface area (Å²) in [5.74, 6) is 0. The summed E-state index contributed by atoms with van der Waals surface area (Å²) in [7, 11) is -3.16. The number of nitrogens with zero attached hydrogens (tertiary/aromatic N) is 1. The summed E-state index contributed by atoms with van der Waals surface area (Å²) in [6, 6.07) is 11.6. The molecule has 0 bridgehead atoms. The van der Waals surface area contributed by atoms with Crippen molar-refractivity contribution in [3.8, 4) is 0 Å². The maximum atomic E-state index is 11.7. The predicted octanol–water partition coefficient (Wildman–Crippen LogP) is 4.69. The second-order valence-corrected chi connectivity index (χ2v) is 10.1. The molecule has 4 rings (SSSR count). The molecule has 130 valence electrons. The molecule has 1 saturated carbocycles. The number of aromatic nitrogens is 1. The van der Waals surface area contributed by atoms with Crippen molar-refractivity contribution >= 4 is 32.7 Å². The topological polar surface area (TPSA) is 47.0 Å². The van der Waals surface area contributed by atoms with Crippen molar-refractivity contribution in [2.75, 3.05) is 12.5 Å². The first kappa shape index (κ1) is 16.9. The molecule has 1 fully saturated rings. The molecule has 0 radical (unpaired) electrons. The molecule has 0 atom stereocenters. The first-order valence-electron chi connectivity index (χ1n) is 8.43. The van der Waals surface area contributed by atoms with E-state index in [-0.39, 0.29) is 0 Å². The quantitative estimate of drug-likeness (QED) is 0.732. The molecule has 0 aliphatic heterocycles. The molecule has 2 aromatic rings. The van der Waals surface area contributed by atoms with Gasteiger partial charge in [-0.2, -0.15) is 0 Å². The molecule has 1 aromatic carbocycles. The van der Waals surface area contributed by atoms with Gasteiger partial charge in [-0.3, -0.25) is 4.98 Å². The summed E-state index contributed by atoms with van der Waals surface area (Å²) >= 11 is 1.70. The normalized spacial score (nSPS) is 18.8. The Balaban J connectivity index is 1.75. The Morgan fingerprint density at radius 2 is 1.68 bits per heavy atom. The van der Waals surface area contributed by atoms with Gasteiger partial charge < -0.3 is 0 Å². The summed E-state index contributed by atoms with van der Waals surface area (Å²) in [5.41, 5.74) is 5.28. The number of allylic oxidation sites excluding steroid dienone is 2. The zero-order valence-electron chi connectivity index (χ0n) is 14.5. The van der Waals surface area contributed by atoms with E-state index < -0.39 is 9.84 Å². The Labute approximate surface area is 153 Å². The Kier molecular flexibility index (Phi) is 4.04. The third kappa shape index (κ3) is 3.27. The number of sulfone groups is 1. The number of rotatable bonds is 4. The molecule has 2 aliphatic rings. The fourth-order valence-electron chi connectivity index (χ4n) is 3.66. The van der Waals surface area contributed by atoms with Crippen molar-refractivity contribution in [1.29, 1.82) is 0 Å². The van der Waals surface area contributed by atoms with E-state index in [1.807, 2.05) is 18.3 Å². The second kappa shape index (κ2) is 5.99. The van der Waals surface area contributed by atoms with E-state index in [1.165, 1.54) is 35.1 Å². The summed E-state index contributed by atoms with van der Waals surface area (Å²) < 4.78 is 23.4. The minimum Gasteiger partial charge on any atom is -0.255 e. The van der Waals surface area contributed by atoms with Crippen molar-refractivity contribution in [3.63, 3.8) is 0 Å². The number of benzene rings is 1. The van der Waals surface area contributed by atoms with Crippen LogP contribution in [0.3, 0.4) is 0 Å². The molecule has 3 nitrogen and oxygen atoms in total. The van der Waals surface area contributed by atoms with Crippen molar-refractivity contribution in [1.82, 2.24) is 4.98 Å². The molecule has 25 heavy (non-hydrogen) atoms. The SMILES string of the molecule is CSc1ccc(C2=C(c3ccc(S(C)(=O)=O)cc3)CC3(CC3)C2)nc1. The minimum atomic E-state index is -3.16. The number of hydrogen-bond donors (Lipinski definition) is 0. The van der Waals surface area contributed by atoms with Gasteiger partial charge in [-0.1, -0.05) is 12.1 Å². The molecule has 0 saturated heterocycles. The van der Waals surface area contributed by atoms with Crippen LogP contribution in [0.1, 0.15) is 36.9 Å². The standard InChI is InChI=1S/C20H21NO2S2/c1-24-15-5-8-19(21-13-15)18-12-20(9-10-20)11-17(18)14-3-6-16(7-4-14)25(2,22)23/h3-8,13H,9-12H2,1-2H3. The Morgan fingerprint density at radius 1 is 1.00 bits per heavy atom. The van der Waals surface area contributed by atoms with Gasteiger partial charge >= 0.3 is 0 Å². The smallest absolute Gasteiger partial charge is 0.175 e. The van der Waals surface area contributed by atoms with E-state index in [0.717, 1.165) is 24.1 Å². The van der Waals surface area contributed by atoms with Crippen LogP contribution in [0.2, 0.25) is 0 Å². The molecule has 1 heterocycles. The first-order valence-corrected chi connectivity index (χ1v) is 11.5. The summed E-state index contributed by atoms with van der Waals surface area (Å²) in [4.78, 5) is 6.23. The van der Waals surface area contributed by atoms with Gasteiger partial charge in [0.2, 0.25) is 0 Å². The van der Waals surface area contributed by atoms with E-state index in [9.17, 15) is 8.42 Å². The third-order valence-corrected chi connectivity index (χ3v) is 7.18. The van der Waals surface area contributed by atoms with Gasteiger partial charge in [0.05, 0.1) is 10.6 Å². The zero-order valence-corrected chi connectivity index (χ0v) is 16.1. The highest BCUT2D eigenvalue weighted by molar-refractivity contribution is 7.98. The zero-order chi connectivity index (χ0) is 17.7. The highest BCUT2D eigenvalue weighted by atomic mass is 32.2.